The minimum absolute atomic E-state index is 0.0236. The largest absolute Gasteiger partial charge is 0.348 e. The van der Waals surface area contributed by atoms with E-state index in [1.54, 1.807) is 4.68 Å². The monoisotopic (exact) mass is 331 g/mol. The Balaban J connectivity index is 1.50. The third-order valence-electron chi connectivity index (χ3n) is 5.55. The molecule has 1 aromatic heterocycles. The van der Waals surface area contributed by atoms with Gasteiger partial charge < -0.3 is 14.4 Å². The van der Waals surface area contributed by atoms with Crippen molar-refractivity contribution in [3.8, 4) is 0 Å². The SMILES string of the molecule is Cc1cc(C(=O)N(CC2OCCO2)C[C@H]2C[C@H]3C=C[C@H]2C3)nn1C. The summed E-state index contributed by atoms with van der Waals surface area (Å²) in [6.07, 6.45) is 6.77. The second-order valence-electron chi connectivity index (χ2n) is 7.22. The Kier molecular flexibility index (Phi) is 4.18. The molecule has 2 bridgehead atoms. The molecule has 3 atom stereocenters. The fraction of sp³-hybridized carbons (Fsp3) is 0.667. The molecule has 0 aromatic carbocycles. The third kappa shape index (κ3) is 3.00. The molecule has 24 heavy (non-hydrogen) atoms. The zero-order chi connectivity index (χ0) is 16.7. The van der Waals surface area contributed by atoms with Crippen molar-refractivity contribution in [2.45, 2.75) is 26.1 Å². The third-order valence-corrected chi connectivity index (χ3v) is 5.55. The second kappa shape index (κ2) is 6.33. The Morgan fingerprint density at radius 3 is 2.67 bits per heavy atom. The molecule has 2 fully saturated rings. The quantitative estimate of drug-likeness (QED) is 0.772. The lowest BCUT2D eigenvalue weighted by atomic mass is 9.93. The van der Waals surface area contributed by atoms with Gasteiger partial charge in [0, 0.05) is 19.3 Å². The van der Waals surface area contributed by atoms with Crippen LogP contribution in [0.25, 0.3) is 0 Å². The number of ether oxygens (including phenoxy) is 2. The number of carbonyl (C=O) groups is 1. The smallest absolute Gasteiger partial charge is 0.274 e. The lowest BCUT2D eigenvalue weighted by molar-refractivity contribution is -0.0593. The number of nitrogens with zero attached hydrogens (tertiary/aromatic N) is 3. The minimum atomic E-state index is -0.312. The van der Waals surface area contributed by atoms with Gasteiger partial charge >= 0.3 is 0 Å². The molecule has 130 valence electrons. The Morgan fingerprint density at radius 2 is 2.08 bits per heavy atom. The fourth-order valence-electron chi connectivity index (χ4n) is 4.15. The van der Waals surface area contributed by atoms with Gasteiger partial charge in [0.1, 0.15) is 0 Å². The van der Waals surface area contributed by atoms with Gasteiger partial charge in [-0.3, -0.25) is 9.48 Å². The van der Waals surface area contributed by atoms with E-state index in [1.165, 1.54) is 12.8 Å². The molecule has 1 amide bonds. The summed E-state index contributed by atoms with van der Waals surface area (Å²) >= 11 is 0. The number of hydrogen-bond donors (Lipinski definition) is 0. The van der Waals surface area contributed by atoms with Crippen LogP contribution in [0.2, 0.25) is 0 Å². The van der Waals surface area contributed by atoms with Crippen molar-refractivity contribution in [2.24, 2.45) is 24.8 Å². The molecule has 1 saturated carbocycles. The van der Waals surface area contributed by atoms with Gasteiger partial charge in [0.25, 0.3) is 5.91 Å². The molecular formula is C18H25N3O3. The van der Waals surface area contributed by atoms with Gasteiger partial charge in [0.2, 0.25) is 0 Å². The Bertz CT molecular complexity index is 628. The van der Waals surface area contributed by atoms with Crippen molar-refractivity contribution < 1.29 is 14.3 Å². The number of allylic oxidation sites excluding steroid dienone is 2. The maximum Gasteiger partial charge on any atom is 0.274 e. The van der Waals surface area contributed by atoms with E-state index in [0.29, 0.717) is 43.2 Å². The number of hydrogen-bond acceptors (Lipinski definition) is 4. The number of rotatable bonds is 5. The average molecular weight is 331 g/mol. The number of amides is 1. The highest BCUT2D eigenvalue weighted by Crippen LogP contribution is 2.43. The van der Waals surface area contributed by atoms with Crippen molar-refractivity contribution in [1.82, 2.24) is 14.7 Å². The van der Waals surface area contributed by atoms with E-state index in [0.717, 1.165) is 12.2 Å². The van der Waals surface area contributed by atoms with Gasteiger partial charge in [-0.2, -0.15) is 5.10 Å². The van der Waals surface area contributed by atoms with Crippen LogP contribution < -0.4 is 0 Å². The summed E-state index contributed by atoms with van der Waals surface area (Å²) in [7, 11) is 1.86. The molecule has 0 spiro atoms. The van der Waals surface area contributed by atoms with E-state index >= 15 is 0 Å². The molecule has 1 saturated heterocycles. The Morgan fingerprint density at radius 1 is 1.29 bits per heavy atom. The van der Waals surface area contributed by atoms with E-state index < -0.39 is 0 Å². The van der Waals surface area contributed by atoms with Crippen molar-refractivity contribution >= 4 is 5.91 Å². The highest BCUT2D eigenvalue weighted by atomic mass is 16.7. The summed E-state index contributed by atoms with van der Waals surface area (Å²) in [5.74, 6) is 1.83. The normalized spacial score (nSPS) is 28.8. The summed E-state index contributed by atoms with van der Waals surface area (Å²) in [5, 5.41) is 4.36. The van der Waals surface area contributed by atoms with Gasteiger partial charge in [0.05, 0.1) is 19.8 Å². The molecule has 2 heterocycles. The predicted molar refractivity (Wildman–Crippen MR) is 88.4 cm³/mol. The second-order valence-corrected chi connectivity index (χ2v) is 7.22. The molecule has 6 nitrogen and oxygen atoms in total. The molecule has 0 N–H and O–H groups in total. The van der Waals surface area contributed by atoms with Crippen LogP contribution in [-0.2, 0) is 16.5 Å². The van der Waals surface area contributed by atoms with E-state index in [4.69, 9.17) is 9.47 Å². The molecule has 0 unspecified atom stereocenters. The maximum absolute atomic E-state index is 13.0. The first kappa shape index (κ1) is 15.8. The summed E-state index contributed by atoms with van der Waals surface area (Å²) in [5.41, 5.74) is 1.49. The predicted octanol–water partition coefficient (Wildman–Crippen LogP) is 1.76. The van der Waals surface area contributed by atoms with Gasteiger partial charge in [-0.05, 0) is 43.6 Å². The van der Waals surface area contributed by atoms with E-state index in [9.17, 15) is 4.79 Å². The van der Waals surface area contributed by atoms with E-state index in [1.807, 2.05) is 24.9 Å². The van der Waals surface area contributed by atoms with Crippen LogP contribution in [0.4, 0.5) is 0 Å². The summed E-state index contributed by atoms with van der Waals surface area (Å²) in [6, 6.07) is 1.85. The highest BCUT2D eigenvalue weighted by molar-refractivity contribution is 5.92. The standard InChI is InChI=1S/C18H25N3O3/c1-12-7-16(19-20(12)2)18(22)21(11-17-23-5-6-24-17)10-15-9-13-3-4-14(15)8-13/h3-4,7,13-15,17H,5-6,8-11H2,1-2H3/t13-,14-,15+/m0/s1. The number of carbonyl (C=O) groups excluding carboxylic acids is 1. The van der Waals surface area contributed by atoms with Gasteiger partial charge in [-0.1, -0.05) is 12.2 Å². The number of fused-ring (bicyclic) bond motifs is 2. The average Bonchev–Trinajstić information content (AvgIpc) is 3.33. The van der Waals surface area contributed by atoms with Crippen LogP contribution in [0, 0.1) is 24.7 Å². The summed E-state index contributed by atoms with van der Waals surface area (Å²) in [4.78, 5) is 14.9. The van der Waals surface area contributed by atoms with Crippen LogP contribution in [0.15, 0.2) is 18.2 Å². The zero-order valence-electron chi connectivity index (χ0n) is 14.4. The molecule has 3 aliphatic rings. The van der Waals surface area contributed by atoms with Crippen LogP contribution in [-0.4, -0.2) is 53.2 Å². The summed E-state index contributed by atoms with van der Waals surface area (Å²) < 4.78 is 12.9. The zero-order valence-corrected chi connectivity index (χ0v) is 14.4. The Labute approximate surface area is 142 Å². The van der Waals surface area contributed by atoms with E-state index in [-0.39, 0.29) is 12.2 Å². The first-order chi connectivity index (χ1) is 11.6. The minimum Gasteiger partial charge on any atom is -0.348 e. The highest BCUT2D eigenvalue weighted by Gasteiger charge is 2.38. The molecule has 4 rings (SSSR count). The van der Waals surface area contributed by atoms with Crippen LogP contribution in [0.3, 0.4) is 0 Å². The summed E-state index contributed by atoms with van der Waals surface area (Å²) in [6.45, 7) is 4.39. The molecule has 6 heteroatoms. The topological polar surface area (TPSA) is 56.6 Å². The van der Waals surface area contributed by atoms with Crippen LogP contribution in [0.5, 0.6) is 0 Å². The first-order valence-electron chi connectivity index (χ1n) is 8.81. The van der Waals surface area contributed by atoms with Crippen molar-refractivity contribution in [1.29, 1.82) is 0 Å². The number of aromatic nitrogens is 2. The number of aryl methyl sites for hydroxylation is 2. The lowest BCUT2D eigenvalue weighted by Gasteiger charge is -2.29. The van der Waals surface area contributed by atoms with Crippen molar-refractivity contribution in [3.63, 3.8) is 0 Å². The van der Waals surface area contributed by atoms with Crippen LogP contribution in [0.1, 0.15) is 29.0 Å². The molecule has 0 radical (unpaired) electrons. The van der Waals surface area contributed by atoms with Gasteiger partial charge in [0.15, 0.2) is 12.0 Å². The van der Waals surface area contributed by atoms with E-state index in [2.05, 4.69) is 17.3 Å². The van der Waals surface area contributed by atoms with Crippen molar-refractivity contribution in [3.05, 3.63) is 29.6 Å². The van der Waals surface area contributed by atoms with Crippen LogP contribution >= 0.6 is 0 Å². The Hall–Kier alpha value is -1.66. The first-order valence-corrected chi connectivity index (χ1v) is 8.81. The maximum atomic E-state index is 13.0. The van der Waals surface area contributed by atoms with Gasteiger partial charge in [-0.15, -0.1) is 0 Å². The van der Waals surface area contributed by atoms with Crippen molar-refractivity contribution in [2.75, 3.05) is 26.3 Å². The molecule has 1 aromatic rings. The molecule has 1 aliphatic heterocycles. The van der Waals surface area contributed by atoms with Gasteiger partial charge in [-0.25, -0.2) is 0 Å². The fourth-order valence-corrected chi connectivity index (χ4v) is 4.15. The molecular weight excluding hydrogens is 306 g/mol. The molecule has 2 aliphatic carbocycles. The lowest BCUT2D eigenvalue weighted by Crippen LogP contribution is -2.42.